The van der Waals surface area contributed by atoms with E-state index in [1.807, 2.05) is 30.3 Å². The highest BCUT2D eigenvalue weighted by molar-refractivity contribution is 9.10. The second kappa shape index (κ2) is 13.7. The maximum Gasteiger partial charge on any atom is 0.488 e. The Morgan fingerprint density at radius 2 is 1.12 bits per heavy atom. The summed E-state index contributed by atoms with van der Waals surface area (Å²) in [6.07, 6.45) is 1.48. The minimum Gasteiger partial charge on any atom is -0.508 e. The molecule has 0 aliphatic carbocycles. The number of phenols is 2. The topological polar surface area (TPSA) is 115 Å². The van der Waals surface area contributed by atoms with E-state index in [0.29, 0.717) is 28.6 Å². The van der Waals surface area contributed by atoms with Gasteiger partial charge in [-0.2, -0.15) is 0 Å². The van der Waals surface area contributed by atoms with E-state index in [1.165, 1.54) is 12.1 Å². The van der Waals surface area contributed by atoms with Gasteiger partial charge in [-0.05, 0) is 59.1 Å². The third-order valence-electron chi connectivity index (χ3n) is 4.39. The minimum absolute atomic E-state index is 0.241. The van der Waals surface area contributed by atoms with Crippen molar-refractivity contribution in [2.24, 2.45) is 0 Å². The van der Waals surface area contributed by atoms with Crippen LogP contribution < -0.4 is 5.46 Å². The van der Waals surface area contributed by atoms with Crippen LogP contribution in [0.3, 0.4) is 0 Å². The zero-order valence-corrected chi connectivity index (χ0v) is 19.5. The quantitative estimate of drug-likeness (QED) is 0.237. The van der Waals surface area contributed by atoms with E-state index < -0.39 is 7.12 Å². The Labute approximate surface area is 206 Å². The fourth-order valence-electron chi connectivity index (χ4n) is 2.68. The van der Waals surface area contributed by atoms with E-state index in [0.717, 1.165) is 21.9 Å². The van der Waals surface area contributed by atoms with Gasteiger partial charge in [0.2, 0.25) is 0 Å². The summed E-state index contributed by atoms with van der Waals surface area (Å²) >= 11 is 3.23. The lowest BCUT2D eigenvalue weighted by molar-refractivity contribution is 0.111. The van der Waals surface area contributed by atoms with Gasteiger partial charge in [-0.3, -0.25) is 9.59 Å². The molecule has 8 heteroatoms. The SMILES string of the molecule is O=Cc1cccc(-c2ccc(O)cc2)c1.O=Cc1cccc(B(O)O)c1.Oc1ccc(Br)cc1. The standard InChI is InChI=1S/C13H10O2.C7H7BO3.C6H5BrO/c14-9-10-2-1-3-12(8-10)11-4-6-13(15)7-5-11;9-5-6-2-1-3-7(4-6)8(10)11;7-5-1-3-6(8)4-2-5/h1-9,15H;1-5,10-11H;1-4,8H. The van der Waals surface area contributed by atoms with Crippen LogP contribution in [0, 0.1) is 0 Å². The lowest BCUT2D eigenvalue weighted by Crippen LogP contribution is -2.29. The number of phenolic OH excluding ortho intramolecular Hbond substituents is 2. The Hall–Kier alpha value is -3.72. The van der Waals surface area contributed by atoms with Crippen LogP contribution in [0.25, 0.3) is 11.1 Å². The van der Waals surface area contributed by atoms with Gasteiger partial charge in [0, 0.05) is 15.6 Å². The molecule has 0 bridgehead atoms. The van der Waals surface area contributed by atoms with E-state index in [9.17, 15) is 9.59 Å². The third-order valence-corrected chi connectivity index (χ3v) is 4.92. The van der Waals surface area contributed by atoms with Crippen molar-refractivity contribution < 1.29 is 29.9 Å². The highest BCUT2D eigenvalue weighted by atomic mass is 79.9. The lowest BCUT2D eigenvalue weighted by atomic mass is 9.80. The van der Waals surface area contributed by atoms with Crippen LogP contribution in [-0.4, -0.2) is 40.0 Å². The predicted molar refractivity (Wildman–Crippen MR) is 136 cm³/mol. The fraction of sp³-hybridized carbons (Fsp3) is 0. The van der Waals surface area contributed by atoms with Crippen LogP contribution in [0.5, 0.6) is 11.5 Å². The summed E-state index contributed by atoms with van der Waals surface area (Å²) < 4.78 is 0.982. The summed E-state index contributed by atoms with van der Waals surface area (Å²) in [5.74, 6) is 0.540. The number of aldehydes is 2. The molecule has 0 heterocycles. The molecule has 0 atom stereocenters. The van der Waals surface area contributed by atoms with E-state index in [2.05, 4.69) is 15.9 Å². The molecule has 0 spiro atoms. The third kappa shape index (κ3) is 9.03. The van der Waals surface area contributed by atoms with Crippen molar-refractivity contribution in [2.75, 3.05) is 0 Å². The average molecular weight is 521 g/mol. The molecule has 0 aliphatic heterocycles. The van der Waals surface area contributed by atoms with Crippen molar-refractivity contribution in [2.45, 2.75) is 0 Å². The summed E-state index contributed by atoms with van der Waals surface area (Å²) in [5, 5.41) is 35.3. The molecule has 4 aromatic rings. The van der Waals surface area contributed by atoms with Crippen molar-refractivity contribution in [3.63, 3.8) is 0 Å². The molecule has 0 amide bonds. The van der Waals surface area contributed by atoms with Gasteiger partial charge in [0.15, 0.2) is 0 Å². The van der Waals surface area contributed by atoms with Crippen molar-refractivity contribution in [3.8, 4) is 22.6 Å². The normalized spacial score (nSPS) is 9.50. The number of halogens is 1. The van der Waals surface area contributed by atoms with Crippen LogP contribution >= 0.6 is 15.9 Å². The molecule has 0 unspecified atom stereocenters. The number of rotatable bonds is 4. The van der Waals surface area contributed by atoms with Crippen LogP contribution in [0.1, 0.15) is 20.7 Å². The van der Waals surface area contributed by atoms with Gasteiger partial charge < -0.3 is 20.3 Å². The van der Waals surface area contributed by atoms with E-state index in [-0.39, 0.29) is 5.75 Å². The monoisotopic (exact) mass is 520 g/mol. The Morgan fingerprint density at radius 3 is 1.62 bits per heavy atom. The summed E-state index contributed by atoms with van der Waals surface area (Å²) in [5.41, 5.74) is 3.38. The first-order valence-electron chi connectivity index (χ1n) is 10.0. The molecule has 0 aliphatic rings. The van der Waals surface area contributed by atoms with E-state index in [4.69, 9.17) is 20.3 Å². The molecule has 172 valence electrons. The summed E-state index contributed by atoms with van der Waals surface area (Å²) in [6, 6.07) is 27.2. The van der Waals surface area contributed by atoms with Gasteiger partial charge in [-0.25, -0.2) is 0 Å². The molecule has 0 radical (unpaired) electrons. The Bertz CT molecular complexity index is 1170. The van der Waals surface area contributed by atoms with Crippen molar-refractivity contribution in [1.29, 1.82) is 0 Å². The first kappa shape index (κ1) is 26.5. The summed E-state index contributed by atoms with van der Waals surface area (Å²) in [7, 11) is -1.50. The zero-order valence-electron chi connectivity index (χ0n) is 18.0. The van der Waals surface area contributed by atoms with E-state index >= 15 is 0 Å². The largest absolute Gasteiger partial charge is 0.508 e. The maximum absolute atomic E-state index is 10.6. The summed E-state index contributed by atoms with van der Waals surface area (Å²) in [4.78, 5) is 20.8. The molecule has 6 nitrogen and oxygen atoms in total. The van der Waals surface area contributed by atoms with E-state index in [1.54, 1.807) is 54.6 Å². The molecule has 4 N–H and O–H groups in total. The number of carbonyl (C=O) groups excluding carboxylic acids is 2. The van der Waals surface area contributed by atoms with Crippen LogP contribution in [0.4, 0.5) is 0 Å². The molecule has 0 fully saturated rings. The molecular formula is C26H22BBrO6. The number of carbonyl (C=O) groups is 2. The Morgan fingerprint density at radius 1 is 0.618 bits per heavy atom. The second-order valence-electron chi connectivity index (χ2n) is 6.93. The van der Waals surface area contributed by atoms with Gasteiger partial charge in [-0.15, -0.1) is 0 Å². The number of aromatic hydroxyl groups is 2. The highest BCUT2D eigenvalue weighted by Gasteiger charge is 2.09. The zero-order chi connectivity index (χ0) is 24.9. The second-order valence-corrected chi connectivity index (χ2v) is 7.84. The van der Waals surface area contributed by atoms with Crippen LogP contribution in [-0.2, 0) is 0 Å². The minimum atomic E-state index is -1.50. The van der Waals surface area contributed by atoms with Gasteiger partial charge in [-0.1, -0.05) is 70.5 Å². The molecule has 0 aromatic heterocycles. The summed E-state index contributed by atoms with van der Waals surface area (Å²) in [6.45, 7) is 0. The smallest absolute Gasteiger partial charge is 0.488 e. The number of hydrogen-bond donors (Lipinski definition) is 4. The molecule has 4 rings (SSSR count). The molecule has 4 aromatic carbocycles. The molecule has 34 heavy (non-hydrogen) atoms. The van der Waals surface area contributed by atoms with Gasteiger partial charge in [0.1, 0.15) is 24.1 Å². The predicted octanol–water partition coefficient (Wildman–Crippen LogP) is 4.21. The van der Waals surface area contributed by atoms with Crippen LogP contribution in [0.15, 0.2) is 102 Å². The van der Waals surface area contributed by atoms with Crippen LogP contribution in [0.2, 0.25) is 0 Å². The first-order valence-corrected chi connectivity index (χ1v) is 10.8. The molecular weight excluding hydrogens is 499 g/mol. The number of hydrogen-bond acceptors (Lipinski definition) is 6. The van der Waals surface area contributed by atoms with Crippen molar-refractivity contribution in [3.05, 3.63) is 113 Å². The average Bonchev–Trinajstić information content (AvgIpc) is 2.87. The Balaban J connectivity index is 0.000000190. The first-order chi connectivity index (χ1) is 16.3. The maximum atomic E-state index is 10.6. The van der Waals surface area contributed by atoms with Gasteiger partial charge in [0.25, 0.3) is 0 Å². The lowest BCUT2D eigenvalue weighted by Gasteiger charge is -2.02. The van der Waals surface area contributed by atoms with Gasteiger partial charge in [0.05, 0.1) is 0 Å². The molecule has 0 saturated heterocycles. The van der Waals surface area contributed by atoms with Gasteiger partial charge >= 0.3 is 7.12 Å². The van der Waals surface area contributed by atoms with Crippen molar-refractivity contribution >= 4 is 41.1 Å². The fourth-order valence-corrected chi connectivity index (χ4v) is 2.94. The highest BCUT2D eigenvalue weighted by Crippen LogP contribution is 2.22. The Kier molecular flexibility index (Phi) is 10.7. The molecule has 0 saturated carbocycles. The van der Waals surface area contributed by atoms with Crippen molar-refractivity contribution in [1.82, 2.24) is 0 Å². The number of benzene rings is 4.